The second-order valence-electron chi connectivity index (χ2n) is 4.72. The molecular weight excluding hydrogens is 372 g/mol. The van der Waals surface area contributed by atoms with Crippen molar-refractivity contribution in [3.8, 4) is 11.5 Å². The van der Waals surface area contributed by atoms with Gasteiger partial charge < -0.3 is 9.47 Å². The van der Waals surface area contributed by atoms with Gasteiger partial charge in [0.25, 0.3) is 5.91 Å². The number of nitrogens with zero attached hydrogens (tertiary/aromatic N) is 1. The minimum Gasteiger partial charge on any atom is -0.493 e. The van der Waals surface area contributed by atoms with Crippen molar-refractivity contribution >= 4 is 28.1 Å². The summed E-state index contributed by atoms with van der Waals surface area (Å²) >= 11 is 3.32. The van der Waals surface area contributed by atoms with Crippen LogP contribution in [0.5, 0.6) is 11.5 Å². The second-order valence-corrected chi connectivity index (χ2v) is 5.63. The smallest absolute Gasteiger partial charge is 0.271 e. The summed E-state index contributed by atoms with van der Waals surface area (Å²) in [7, 11) is 1.56. The van der Waals surface area contributed by atoms with Gasteiger partial charge in [0, 0.05) is 10.0 Å². The van der Waals surface area contributed by atoms with E-state index in [2.05, 4.69) is 33.0 Å². The van der Waals surface area contributed by atoms with Gasteiger partial charge in [-0.3, -0.25) is 4.79 Å². The zero-order chi connectivity index (χ0) is 17.4. The predicted octanol–water partition coefficient (Wildman–Crippen LogP) is 3.79. The summed E-state index contributed by atoms with van der Waals surface area (Å²) in [5, 5.41) is 3.96. The number of rotatable bonds is 7. The Kier molecular flexibility index (Phi) is 6.57. The van der Waals surface area contributed by atoms with Crippen LogP contribution in [-0.4, -0.2) is 25.8 Å². The van der Waals surface area contributed by atoms with Crippen molar-refractivity contribution in [1.29, 1.82) is 0 Å². The standard InChI is InChI=1S/C18H17BrN2O3/c1-3-10-24-16-9-4-13(11-17(16)23-2)12-20-21-18(22)14-5-7-15(19)8-6-14/h3-9,11-12H,1,10H2,2H3,(H,21,22)/b20-12-. The zero-order valence-corrected chi connectivity index (χ0v) is 14.7. The van der Waals surface area contributed by atoms with Gasteiger partial charge in [-0.2, -0.15) is 5.10 Å². The van der Waals surface area contributed by atoms with Crippen molar-refractivity contribution in [2.75, 3.05) is 13.7 Å². The molecule has 5 nitrogen and oxygen atoms in total. The number of nitrogens with one attached hydrogen (secondary N) is 1. The lowest BCUT2D eigenvalue weighted by molar-refractivity contribution is 0.0955. The highest BCUT2D eigenvalue weighted by Crippen LogP contribution is 2.27. The summed E-state index contributed by atoms with van der Waals surface area (Å²) in [6.45, 7) is 4.00. The number of benzene rings is 2. The van der Waals surface area contributed by atoms with Crippen LogP contribution in [0, 0.1) is 0 Å². The lowest BCUT2D eigenvalue weighted by Gasteiger charge is -2.09. The number of hydrogen-bond acceptors (Lipinski definition) is 4. The molecule has 0 saturated heterocycles. The molecule has 0 spiro atoms. The quantitative estimate of drug-likeness (QED) is 0.445. The van der Waals surface area contributed by atoms with Crippen molar-refractivity contribution in [2.45, 2.75) is 0 Å². The molecule has 0 unspecified atom stereocenters. The lowest BCUT2D eigenvalue weighted by Crippen LogP contribution is -2.17. The number of hydrogen-bond donors (Lipinski definition) is 1. The molecule has 1 N–H and O–H groups in total. The van der Waals surface area contributed by atoms with Crippen LogP contribution in [0.3, 0.4) is 0 Å². The van der Waals surface area contributed by atoms with Crippen LogP contribution in [0.1, 0.15) is 15.9 Å². The summed E-state index contributed by atoms with van der Waals surface area (Å²) in [6, 6.07) is 12.4. The SMILES string of the molecule is C=CCOc1ccc(/C=N\NC(=O)c2ccc(Br)cc2)cc1OC. The van der Waals surface area contributed by atoms with Gasteiger partial charge in [-0.05, 0) is 48.0 Å². The Morgan fingerprint density at radius 1 is 1.25 bits per heavy atom. The van der Waals surface area contributed by atoms with Crippen LogP contribution < -0.4 is 14.9 Å². The molecule has 0 bridgehead atoms. The first-order chi connectivity index (χ1) is 11.6. The van der Waals surface area contributed by atoms with Gasteiger partial charge in [-0.25, -0.2) is 5.43 Å². The van der Waals surface area contributed by atoms with E-state index in [9.17, 15) is 4.79 Å². The zero-order valence-electron chi connectivity index (χ0n) is 13.2. The fourth-order valence-electron chi connectivity index (χ4n) is 1.86. The molecule has 124 valence electrons. The summed E-state index contributed by atoms with van der Waals surface area (Å²) < 4.78 is 11.7. The van der Waals surface area contributed by atoms with Crippen LogP contribution in [0.2, 0.25) is 0 Å². The fourth-order valence-corrected chi connectivity index (χ4v) is 2.13. The van der Waals surface area contributed by atoms with Crippen molar-refractivity contribution in [3.63, 3.8) is 0 Å². The Bertz CT molecular complexity index is 742. The average Bonchev–Trinajstić information content (AvgIpc) is 2.60. The highest BCUT2D eigenvalue weighted by molar-refractivity contribution is 9.10. The number of hydrazone groups is 1. The Labute approximate surface area is 149 Å². The Hall–Kier alpha value is -2.60. The van der Waals surface area contributed by atoms with E-state index in [0.29, 0.717) is 23.7 Å². The third-order valence-electron chi connectivity index (χ3n) is 3.03. The molecule has 2 aromatic carbocycles. The number of amides is 1. The molecule has 0 radical (unpaired) electrons. The van der Waals surface area contributed by atoms with Gasteiger partial charge in [-0.1, -0.05) is 28.6 Å². The largest absolute Gasteiger partial charge is 0.493 e. The summed E-state index contributed by atoms with van der Waals surface area (Å²) in [5.41, 5.74) is 3.78. The van der Waals surface area contributed by atoms with Gasteiger partial charge in [0.05, 0.1) is 13.3 Å². The van der Waals surface area contributed by atoms with E-state index in [1.807, 2.05) is 6.07 Å². The van der Waals surface area contributed by atoms with Gasteiger partial charge in [-0.15, -0.1) is 0 Å². The predicted molar refractivity (Wildman–Crippen MR) is 97.9 cm³/mol. The Morgan fingerprint density at radius 3 is 2.67 bits per heavy atom. The van der Waals surface area contributed by atoms with E-state index >= 15 is 0 Å². The van der Waals surface area contributed by atoms with Crippen molar-refractivity contribution in [1.82, 2.24) is 5.43 Å². The van der Waals surface area contributed by atoms with Crippen molar-refractivity contribution in [3.05, 3.63) is 70.7 Å². The first kappa shape index (κ1) is 17.7. The molecule has 0 fully saturated rings. The molecule has 1 amide bonds. The van der Waals surface area contributed by atoms with E-state index < -0.39 is 0 Å². The number of halogens is 1. The van der Waals surface area contributed by atoms with Gasteiger partial charge in [0.2, 0.25) is 0 Å². The molecule has 0 atom stereocenters. The van der Waals surface area contributed by atoms with Gasteiger partial charge >= 0.3 is 0 Å². The van der Waals surface area contributed by atoms with E-state index in [1.54, 1.807) is 49.6 Å². The normalized spacial score (nSPS) is 10.4. The van der Waals surface area contributed by atoms with E-state index in [-0.39, 0.29) is 5.91 Å². The minimum atomic E-state index is -0.281. The molecule has 6 heteroatoms. The highest BCUT2D eigenvalue weighted by Gasteiger charge is 2.05. The van der Waals surface area contributed by atoms with E-state index in [4.69, 9.17) is 9.47 Å². The third kappa shape index (κ3) is 4.96. The Balaban J connectivity index is 2.02. The molecule has 0 aliphatic rings. The van der Waals surface area contributed by atoms with Crippen LogP contribution >= 0.6 is 15.9 Å². The van der Waals surface area contributed by atoms with Crippen LogP contribution in [-0.2, 0) is 0 Å². The molecule has 0 saturated carbocycles. The number of carbonyl (C=O) groups excluding carboxylic acids is 1. The molecule has 0 heterocycles. The minimum absolute atomic E-state index is 0.281. The summed E-state index contributed by atoms with van der Waals surface area (Å²) in [5.74, 6) is 0.921. The molecule has 0 aliphatic heterocycles. The van der Waals surface area contributed by atoms with Crippen LogP contribution in [0.15, 0.2) is 64.7 Å². The maximum Gasteiger partial charge on any atom is 0.271 e. The van der Waals surface area contributed by atoms with E-state index in [0.717, 1.165) is 10.0 Å². The lowest BCUT2D eigenvalue weighted by atomic mass is 10.2. The van der Waals surface area contributed by atoms with Gasteiger partial charge in [0.1, 0.15) is 6.61 Å². The molecule has 2 rings (SSSR count). The van der Waals surface area contributed by atoms with Crippen molar-refractivity contribution < 1.29 is 14.3 Å². The topological polar surface area (TPSA) is 59.9 Å². The van der Waals surface area contributed by atoms with Crippen LogP contribution in [0.4, 0.5) is 0 Å². The number of methoxy groups -OCH3 is 1. The van der Waals surface area contributed by atoms with Crippen molar-refractivity contribution in [2.24, 2.45) is 5.10 Å². The summed E-state index contributed by atoms with van der Waals surface area (Å²) in [4.78, 5) is 11.9. The van der Waals surface area contributed by atoms with Gasteiger partial charge in [0.15, 0.2) is 11.5 Å². The molecule has 24 heavy (non-hydrogen) atoms. The third-order valence-corrected chi connectivity index (χ3v) is 3.56. The molecule has 0 aliphatic carbocycles. The number of carbonyl (C=O) groups is 1. The molecular formula is C18H17BrN2O3. The highest BCUT2D eigenvalue weighted by atomic mass is 79.9. The number of ether oxygens (including phenoxy) is 2. The summed E-state index contributed by atoms with van der Waals surface area (Å²) in [6.07, 6.45) is 3.20. The van der Waals surface area contributed by atoms with E-state index in [1.165, 1.54) is 6.21 Å². The first-order valence-electron chi connectivity index (χ1n) is 7.14. The maximum atomic E-state index is 11.9. The fraction of sp³-hybridized carbons (Fsp3) is 0.111. The average molecular weight is 389 g/mol. The maximum absolute atomic E-state index is 11.9. The Morgan fingerprint density at radius 2 is 2.00 bits per heavy atom. The monoisotopic (exact) mass is 388 g/mol. The molecule has 0 aromatic heterocycles. The second kappa shape index (κ2) is 8.88. The first-order valence-corrected chi connectivity index (χ1v) is 7.94. The molecule has 2 aromatic rings. The van der Waals surface area contributed by atoms with Crippen LogP contribution in [0.25, 0.3) is 0 Å².